The zero-order chi connectivity index (χ0) is 20.2. The number of amides is 2. The summed E-state index contributed by atoms with van der Waals surface area (Å²) in [6.07, 6.45) is 0. The van der Waals surface area contributed by atoms with Crippen LogP contribution < -0.4 is 10.6 Å². The molecule has 2 N–H and O–H groups in total. The number of hydrogen-bond donors (Lipinski definition) is 2. The first-order valence-electron chi connectivity index (χ1n) is 9.27. The van der Waals surface area contributed by atoms with E-state index in [9.17, 15) is 18.0 Å². The molecule has 0 bridgehead atoms. The van der Waals surface area contributed by atoms with Gasteiger partial charge in [0.2, 0.25) is 15.9 Å². The Morgan fingerprint density at radius 1 is 1.22 bits per heavy atom. The Morgan fingerprint density at radius 3 is 2.41 bits per heavy atom. The lowest BCUT2D eigenvalue weighted by atomic mass is 10.00. The SMILES string of the molecule is CCS(=O)(=O)N1CC(CNC(=O)C(NC(=O)c2ccccc2C)C(C)C)C1. The van der Waals surface area contributed by atoms with E-state index in [1.54, 1.807) is 19.1 Å². The van der Waals surface area contributed by atoms with Gasteiger partial charge in [-0.25, -0.2) is 12.7 Å². The average Bonchev–Trinajstić information content (AvgIpc) is 2.57. The maximum Gasteiger partial charge on any atom is 0.252 e. The minimum atomic E-state index is -3.15. The maximum absolute atomic E-state index is 12.6. The summed E-state index contributed by atoms with van der Waals surface area (Å²) in [7, 11) is -3.15. The molecule has 1 aromatic carbocycles. The first-order valence-corrected chi connectivity index (χ1v) is 10.9. The van der Waals surface area contributed by atoms with Crippen LogP contribution in [-0.4, -0.2) is 56.0 Å². The fourth-order valence-corrected chi connectivity index (χ4v) is 4.24. The van der Waals surface area contributed by atoms with E-state index in [4.69, 9.17) is 0 Å². The number of sulfonamides is 1. The van der Waals surface area contributed by atoms with Crippen molar-refractivity contribution in [3.05, 3.63) is 35.4 Å². The Bertz CT molecular complexity index is 786. The van der Waals surface area contributed by atoms with Crippen LogP contribution in [0.3, 0.4) is 0 Å². The lowest BCUT2D eigenvalue weighted by molar-refractivity contribution is -0.124. The second-order valence-corrected chi connectivity index (χ2v) is 9.60. The highest BCUT2D eigenvalue weighted by Crippen LogP contribution is 2.19. The molecule has 1 aromatic rings. The van der Waals surface area contributed by atoms with Crippen molar-refractivity contribution in [3.8, 4) is 0 Å². The van der Waals surface area contributed by atoms with Crippen LogP contribution >= 0.6 is 0 Å². The van der Waals surface area contributed by atoms with Crippen molar-refractivity contribution >= 4 is 21.8 Å². The molecule has 27 heavy (non-hydrogen) atoms. The molecule has 1 unspecified atom stereocenters. The van der Waals surface area contributed by atoms with E-state index < -0.39 is 16.1 Å². The molecule has 1 aliphatic heterocycles. The van der Waals surface area contributed by atoms with Gasteiger partial charge in [0.15, 0.2) is 0 Å². The number of carbonyl (C=O) groups is 2. The summed E-state index contributed by atoms with van der Waals surface area (Å²) in [5.41, 5.74) is 1.40. The molecule has 0 spiro atoms. The zero-order valence-electron chi connectivity index (χ0n) is 16.4. The minimum absolute atomic E-state index is 0.0728. The van der Waals surface area contributed by atoms with Gasteiger partial charge in [0.1, 0.15) is 6.04 Å². The van der Waals surface area contributed by atoms with Gasteiger partial charge in [0.05, 0.1) is 5.75 Å². The van der Waals surface area contributed by atoms with E-state index in [2.05, 4.69) is 10.6 Å². The van der Waals surface area contributed by atoms with Crippen LogP contribution in [0.15, 0.2) is 24.3 Å². The van der Waals surface area contributed by atoms with E-state index in [-0.39, 0.29) is 29.4 Å². The predicted octanol–water partition coefficient (Wildman–Crippen LogP) is 1.15. The van der Waals surface area contributed by atoms with Gasteiger partial charge in [-0.3, -0.25) is 9.59 Å². The number of nitrogens with one attached hydrogen (secondary N) is 2. The summed E-state index contributed by atoms with van der Waals surface area (Å²) in [5.74, 6) is -0.395. The molecule has 150 valence electrons. The standard InChI is InChI=1S/C19H29N3O4S/c1-5-27(25,26)22-11-15(12-22)10-20-19(24)17(13(2)3)21-18(23)16-9-7-6-8-14(16)4/h6-9,13,15,17H,5,10-12H2,1-4H3,(H,20,24)(H,21,23). The molecule has 1 saturated heterocycles. The van der Waals surface area contributed by atoms with Crippen LogP contribution in [0.2, 0.25) is 0 Å². The van der Waals surface area contributed by atoms with E-state index in [1.807, 2.05) is 32.9 Å². The second kappa shape index (κ2) is 8.84. The largest absolute Gasteiger partial charge is 0.354 e. The van der Waals surface area contributed by atoms with Gasteiger partial charge in [-0.1, -0.05) is 32.0 Å². The van der Waals surface area contributed by atoms with Crippen molar-refractivity contribution in [2.75, 3.05) is 25.4 Å². The predicted molar refractivity (Wildman–Crippen MR) is 105 cm³/mol. The molecule has 7 nitrogen and oxygen atoms in total. The van der Waals surface area contributed by atoms with E-state index in [0.717, 1.165) is 5.56 Å². The van der Waals surface area contributed by atoms with E-state index in [0.29, 0.717) is 25.2 Å². The topological polar surface area (TPSA) is 95.6 Å². The third-order valence-electron chi connectivity index (χ3n) is 4.87. The Labute approximate surface area is 161 Å². The average molecular weight is 396 g/mol. The van der Waals surface area contributed by atoms with Crippen molar-refractivity contribution in [3.63, 3.8) is 0 Å². The van der Waals surface area contributed by atoms with Gasteiger partial charge in [0, 0.05) is 31.1 Å². The number of benzene rings is 1. The maximum atomic E-state index is 12.6. The van der Waals surface area contributed by atoms with Gasteiger partial charge in [-0.15, -0.1) is 0 Å². The first kappa shape index (κ1) is 21.4. The molecule has 8 heteroatoms. The number of rotatable bonds is 8. The van der Waals surface area contributed by atoms with Crippen LogP contribution in [0.4, 0.5) is 0 Å². The molecule has 1 fully saturated rings. The van der Waals surface area contributed by atoms with Gasteiger partial charge >= 0.3 is 0 Å². The van der Waals surface area contributed by atoms with Crippen molar-refractivity contribution in [2.24, 2.45) is 11.8 Å². The van der Waals surface area contributed by atoms with Crippen molar-refractivity contribution in [1.82, 2.24) is 14.9 Å². The fourth-order valence-electron chi connectivity index (χ4n) is 3.00. The summed E-state index contributed by atoms with van der Waals surface area (Å²) >= 11 is 0. The molecule has 1 atom stereocenters. The monoisotopic (exact) mass is 395 g/mol. The highest BCUT2D eigenvalue weighted by molar-refractivity contribution is 7.89. The summed E-state index contributed by atoms with van der Waals surface area (Å²) in [4.78, 5) is 25.1. The molecule has 0 radical (unpaired) electrons. The second-order valence-electron chi connectivity index (χ2n) is 7.34. The third-order valence-corrected chi connectivity index (χ3v) is 6.69. The lowest BCUT2D eigenvalue weighted by Crippen LogP contribution is -2.56. The van der Waals surface area contributed by atoms with Crippen LogP contribution in [0.1, 0.15) is 36.7 Å². The highest BCUT2D eigenvalue weighted by atomic mass is 32.2. The summed E-state index contributed by atoms with van der Waals surface area (Å²) < 4.78 is 24.9. The number of aryl methyl sites for hydroxylation is 1. The normalized spacial score (nSPS) is 16.6. The zero-order valence-corrected chi connectivity index (χ0v) is 17.2. The minimum Gasteiger partial charge on any atom is -0.354 e. The summed E-state index contributed by atoms with van der Waals surface area (Å²) in [5, 5.41) is 5.67. The quantitative estimate of drug-likeness (QED) is 0.690. The van der Waals surface area contributed by atoms with Crippen LogP contribution in [0.25, 0.3) is 0 Å². The molecule has 0 aliphatic carbocycles. The van der Waals surface area contributed by atoms with Gasteiger partial charge in [-0.05, 0) is 31.4 Å². The highest BCUT2D eigenvalue weighted by Gasteiger charge is 2.35. The molecule has 1 aliphatic rings. The molecule has 1 heterocycles. The third kappa shape index (κ3) is 5.29. The Balaban J connectivity index is 1.89. The van der Waals surface area contributed by atoms with E-state index >= 15 is 0 Å². The van der Waals surface area contributed by atoms with Crippen molar-refractivity contribution in [2.45, 2.75) is 33.7 Å². The van der Waals surface area contributed by atoms with Gasteiger partial charge in [0.25, 0.3) is 5.91 Å². The van der Waals surface area contributed by atoms with Crippen LogP contribution in [0.5, 0.6) is 0 Å². The Morgan fingerprint density at radius 2 is 1.85 bits per heavy atom. The number of nitrogens with zero attached hydrogens (tertiary/aromatic N) is 1. The number of hydrogen-bond acceptors (Lipinski definition) is 4. The molecule has 2 amide bonds. The Kier molecular flexibility index (Phi) is 7.00. The van der Waals surface area contributed by atoms with Crippen molar-refractivity contribution in [1.29, 1.82) is 0 Å². The number of carbonyl (C=O) groups excluding carboxylic acids is 2. The summed E-state index contributed by atoms with van der Waals surface area (Å²) in [6, 6.07) is 6.59. The first-order chi connectivity index (χ1) is 12.7. The summed E-state index contributed by atoms with van der Waals surface area (Å²) in [6.45, 7) is 8.48. The van der Waals surface area contributed by atoms with Gasteiger partial charge < -0.3 is 10.6 Å². The molecular formula is C19H29N3O4S. The fraction of sp³-hybridized carbons (Fsp3) is 0.579. The van der Waals surface area contributed by atoms with E-state index in [1.165, 1.54) is 4.31 Å². The smallest absolute Gasteiger partial charge is 0.252 e. The van der Waals surface area contributed by atoms with Gasteiger partial charge in [-0.2, -0.15) is 0 Å². The van der Waals surface area contributed by atoms with Crippen molar-refractivity contribution < 1.29 is 18.0 Å². The lowest BCUT2D eigenvalue weighted by Gasteiger charge is -2.38. The molecule has 2 rings (SSSR count). The van der Waals surface area contributed by atoms with Crippen LogP contribution in [-0.2, 0) is 14.8 Å². The van der Waals surface area contributed by atoms with Crippen LogP contribution in [0, 0.1) is 18.8 Å². The molecule has 0 saturated carbocycles. The molecule has 0 aromatic heterocycles. The molecular weight excluding hydrogens is 366 g/mol. The Hall–Kier alpha value is -1.93.